The van der Waals surface area contributed by atoms with Crippen molar-refractivity contribution >= 4 is 33.2 Å². The molecule has 0 saturated carbocycles. The minimum Gasteiger partial charge on any atom is -0.497 e. The number of hydrogen-bond donors (Lipinski definition) is 1. The van der Waals surface area contributed by atoms with Gasteiger partial charge in [-0.1, -0.05) is 37.6 Å². The van der Waals surface area contributed by atoms with Crippen molar-refractivity contribution in [2.24, 2.45) is 5.92 Å². The Labute approximate surface area is 184 Å². The Hall–Kier alpha value is -2.25. The summed E-state index contributed by atoms with van der Waals surface area (Å²) in [6.07, 6.45) is 1.80. The van der Waals surface area contributed by atoms with Gasteiger partial charge in [-0.15, -0.1) is 0 Å². The topological polar surface area (TPSA) is 75.7 Å². The molecule has 0 aliphatic carbocycles. The fourth-order valence-corrected chi connectivity index (χ4v) is 4.58. The van der Waals surface area contributed by atoms with Crippen LogP contribution in [0.2, 0.25) is 5.02 Å². The van der Waals surface area contributed by atoms with Crippen molar-refractivity contribution in [3.8, 4) is 5.75 Å². The molecule has 8 heteroatoms. The van der Waals surface area contributed by atoms with Gasteiger partial charge in [-0.05, 0) is 61.2 Å². The highest BCUT2D eigenvalue weighted by Crippen LogP contribution is 2.26. The van der Waals surface area contributed by atoms with E-state index in [0.717, 1.165) is 21.9 Å². The van der Waals surface area contributed by atoms with E-state index in [0.29, 0.717) is 23.0 Å². The van der Waals surface area contributed by atoms with Crippen molar-refractivity contribution in [1.82, 2.24) is 5.32 Å². The molecule has 0 aliphatic heterocycles. The molecule has 0 bridgehead atoms. The summed E-state index contributed by atoms with van der Waals surface area (Å²) in [4.78, 5) is 13.1. The van der Waals surface area contributed by atoms with Crippen LogP contribution in [-0.4, -0.2) is 33.7 Å². The maximum Gasteiger partial charge on any atom is 0.244 e. The molecule has 0 unspecified atom stereocenters. The van der Waals surface area contributed by atoms with Crippen LogP contribution in [0.25, 0.3) is 0 Å². The molecule has 1 N–H and O–H groups in total. The number of benzene rings is 2. The molecular formula is C22H29ClN2O4S. The lowest BCUT2D eigenvalue weighted by atomic mass is 9.96. The molecule has 2 atom stereocenters. The van der Waals surface area contributed by atoms with E-state index in [1.165, 1.54) is 0 Å². The van der Waals surface area contributed by atoms with E-state index in [2.05, 4.69) is 19.2 Å². The van der Waals surface area contributed by atoms with Gasteiger partial charge < -0.3 is 10.1 Å². The number of nitrogens with zero attached hydrogens (tertiary/aromatic N) is 1. The second kappa shape index (κ2) is 10.2. The molecule has 0 aromatic heterocycles. The number of rotatable bonds is 9. The van der Waals surface area contributed by atoms with Crippen LogP contribution in [0.3, 0.4) is 0 Å². The number of halogens is 1. The fraction of sp³-hybridized carbons (Fsp3) is 0.409. The third kappa shape index (κ3) is 6.37. The molecular weight excluding hydrogens is 424 g/mol. The van der Waals surface area contributed by atoms with Gasteiger partial charge in [0.05, 0.1) is 25.1 Å². The largest absolute Gasteiger partial charge is 0.497 e. The molecule has 2 rings (SSSR count). The summed E-state index contributed by atoms with van der Waals surface area (Å²) in [5, 5.41) is 3.51. The Morgan fingerprint density at radius 1 is 1.07 bits per heavy atom. The molecule has 6 nitrogen and oxygen atoms in total. The summed E-state index contributed by atoms with van der Waals surface area (Å²) in [5.74, 6) is 0.680. The lowest BCUT2D eigenvalue weighted by molar-refractivity contribution is -0.122. The molecule has 164 valence electrons. The number of carbonyl (C=O) groups excluding carboxylic acids is 1. The number of sulfonamides is 1. The van der Waals surface area contributed by atoms with E-state index < -0.39 is 16.1 Å². The first-order valence-corrected chi connectivity index (χ1v) is 11.9. The zero-order chi connectivity index (χ0) is 22.5. The molecule has 0 saturated heterocycles. The first-order chi connectivity index (χ1) is 14.0. The first kappa shape index (κ1) is 24.0. The van der Waals surface area contributed by atoms with Gasteiger partial charge in [-0.25, -0.2) is 8.42 Å². The van der Waals surface area contributed by atoms with Crippen molar-refractivity contribution in [1.29, 1.82) is 0 Å². The van der Waals surface area contributed by atoms with Crippen molar-refractivity contribution in [2.75, 3.05) is 17.7 Å². The Bertz CT molecular complexity index is 944. The minimum atomic E-state index is -3.69. The van der Waals surface area contributed by atoms with Crippen LogP contribution >= 0.6 is 11.6 Å². The van der Waals surface area contributed by atoms with Crippen LogP contribution in [0.4, 0.5) is 5.69 Å². The smallest absolute Gasteiger partial charge is 0.244 e. The number of ether oxygens (including phenoxy) is 1. The Balaban J connectivity index is 2.30. The molecule has 0 aliphatic rings. The van der Waals surface area contributed by atoms with E-state index in [-0.39, 0.29) is 11.9 Å². The van der Waals surface area contributed by atoms with Gasteiger partial charge in [0, 0.05) is 5.02 Å². The highest BCUT2D eigenvalue weighted by molar-refractivity contribution is 7.92. The maximum absolute atomic E-state index is 13.1. The van der Waals surface area contributed by atoms with Crippen molar-refractivity contribution in [3.63, 3.8) is 0 Å². The number of anilines is 1. The van der Waals surface area contributed by atoms with Crippen molar-refractivity contribution in [3.05, 3.63) is 59.1 Å². The molecule has 1 amide bonds. The lowest BCUT2D eigenvalue weighted by Gasteiger charge is -2.30. The second-order valence-electron chi connectivity index (χ2n) is 7.68. The number of carbonyl (C=O) groups is 1. The monoisotopic (exact) mass is 452 g/mol. The summed E-state index contributed by atoms with van der Waals surface area (Å²) in [6.45, 7) is 5.72. The van der Waals surface area contributed by atoms with Crippen molar-refractivity contribution in [2.45, 2.75) is 39.3 Å². The molecule has 0 radical (unpaired) electrons. The molecule has 30 heavy (non-hydrogen) atoms. The number of amides is 1. The van der Waals surface area contributed by atoms with Crippen molar-refractivity contribution < 1.29 is 17.9 Å². The summed E-state index contributed by atoms with van der Waals surface area (Å²) in [6, 6.07) is 12.7. The van der Waals surface area contributed by atoms with Gasteiger partial charge >= 0.3 is 0 Å². The lowest BCUT2D eigenvalue weighted by Crippen LogP contribution is -2.48. The highest BCUT2D eigenvalue weighted by Gasteiger charge is 2.30. The van der Waals surface area contributed by atoms with Gasteiger partial charge in [0.2, 0.25) is 15.9 Å². The van der Waals surface area contributed by atoms with E-state index in [1.807, 2.05) is 24.3 Å². The van der Waals surface area contributed by atoms with Gasteiger partial charge in [-0.2, -0.15) is 0 Å². The number of methoxy groups -OCH3 is 1. The Kier molecular flexibility index (Phi) is 8.15. The standard InChI is InChI=1S/C22H29ClN2O4S/c1-15(2)14-21(17-6-12-20(29-4)13-7-17)24-22(26)16(3)25(30(5,27)28)19-10-8-18(23)9-11-19/h6-13,15-16,21H,14H2,1-5H3,(H,24,26)/t16-,21-/m0/s1. The Morgan fingerprint density at radius 3 is 2.10 bits per heavy atom. The third-order valence-corrected chi connectivity index (χ3v) is 6.20. The van der Waals surface area contributed by atoms with Crippen LogP contribution in [0.5, 0.6) is 5.75 Å². The number of hydrogen-bond acceptors (Lipinski definition) is 4. The van der Waals surface area contributed by atoms with E-state index in [4.69, 9.17) is 16.3 Å². The Morgan fingerprint density at radius 2 is 1.63 bits per heavy atom. The van der Waals surface area contributed by atoms with Crippen LogP contribution < -0.4 is 14.4 Å². The highest BCUT2D eigenvalue weighted by atomic mass is 35.5. The van der Waals surface area contributed by atoms with Crippen LogP contribution in [0, 0.1) is 5.92 Å². The first-order valence-electron chi connectivity index (χ1n) is 9.72. The van der Waals surface area contributed by atoms with E-state index in [9.17, 15) is 13.2 Å². The summed E-state index contributed by atoms with van der Waals surface area (Å²) in [7, 11) is -2.10. The second-order valence-corrected chi connectivity index (χ2v) is 9.97. The zero-order valence-corrected chi connectivity index (χ0v) is 19.5. The molecule has 0 heterocycles. The zero-order valence-electron chi connectivity index (χ0n) is 17.9. The van der Waals surface area contributed by atoms with Crippen LogP contribution in [0.15, 0.2) is 48.5 Å². The third-order valence-electron chi connectivity index (χ3n) is 4.71. The SMILES string of the molecule is COc1ccc([C@H](CC(C)C)NC(=O)[C@H](C)N(c2ccc(Cl)cc2)S(C)(=O)=O)cc1. The molecule has 0 spiro atoms. The average molecular weight is 453 g/mol. The predicted molar refractivity (Wildman–Crippen MR) is 122 cm³/mol. The normalized spacial score (nSPS) is 13.6. The minimum absolute atomic E-state index is 0.252. The maximum atomic E-state index is 13.1. The fourth-order valence-electron chi connectivity index (χ4n) is 3.28. The van der Waals surface area contributed by atoms with Crippen LogP contribution in [-0.2, 0) is 14.8 Å². The van der Waals surface area contributed by atoms with Crippen LogP contribution in [0.1, 0.15) is 38.8 Å². The van der Waals surface area contributed by atoms with Gasteiger partial charge in [0.25, 0.3) is 0 Å². The van der Waals surface area contributed by atoms with Gasteiger partial charge in [0.1, 0.15) is 11.8 Å². The average Bonchev–Trinajstić information content (AvgIpc) is 2.67. The summed E-state index contributed by atoms with van der Waals surface area (Å²) in [5.41, 5.74) is 1.32. The molecule has 2 aromatic rings. The predicted octanol–water partition coefficient (Wildman–Crippen LogP) is 4.41. The molecule has 2 aromatic carbocycles. The summed E-state index contributed by atoms with van der Waals surface area (Å²) >= 11 is 5.92. The summed E-state index contributed by atoms with van der Waals surface area (Å²) < 4.78 is 31.2. The van der Waals surface area contributed by atoms with Gasteiger partial charge in [0.15, 0.2) is 0 Å². The quantitative estimate of drug-likeness (QED) is 0.611. The number of nitrogens with one attached hydrogen (secondary N) is 1. The van der Waals surface area contributed by atoms with Gasteiger partial charge in [-0.3, -0.25) is 9.10 Å². The molecule has 0 fully saturated rings. The van der Waals surface area contributed by atoms with E-state index >= 15 is 0 Å². The van der Waals surface area contributed by atoms with E-state index in [1.54, 1.807) is 38.3 Å².